The minimum Gasteiger partial charge on any atom is -0.494 e. The zero-order valence-electron chi connectivity index (χ0n) is 16.0. The smallest absolute Gasteiger partial charge is 0.329 e. The van der Waals surface area contributed by atoms with Gasteiger partial charge in [-0.3, -0.25) is 9.59 Å². The highest BCUT2D eigenvalue weighted by Crippen LogP contribution is 2.31. The molecule has 0 heterocycles. The van der Waals surface area contributed by atoms with Crippen LogP contribution >= 0.6 is 0 Å². The maximum absolute atomic E-state index is 12.0. The fourth-order valence-electron chi connectivity index (χ4n) is 3.29. The molecule has 28 heavy (non-hydrogen) atoms. The van der Waals surface area contributed by atoms with E-state index in [1.165, 1.54) is 5.56 Å². The van der Waals surface area contributed by atoms with Crippen LogP contribution in [0.4, 0.5) is 5.69 Å². The number of hydrogen-bond acceptors (Lipinski definition) is 4. The first-order chi connectivity index (χ1) is 13.7. The molecule has 146 valence electrons. The number of rotatable bonds is 5. The molecule has 1 saturated carbocycles. The summed E-state index contributed by atoms with van der Waals surface area (Å²) in [6.07, 6.45) is 3.63. The Bertz CT molecular complexity index is 822. The number of amides is 2. The summed E-state index contributed by atoms with van der Waals surface area (Å²) in [5, 5.41) is 6.70. The van der Waals surface area contributed by atoms with E-state index >= 15 is 0 Å². The van der Waals surface area contributed by atoms with Crippen molar-refractivity contribution in [1.82, 2.24) is 5.43 Å². The maximum Gasteiger partial charge on any atom is 0.329 e. The molecule has 3 rings (SSSR count). The van der Waals surface area contributed by atoms with Crippen LogP contribution in [0.5, 0.6) is 5.75 Å². The first-order valence-electron chi connectivity index (χ1n) is 9.60. The van der Waals surface area contributed by atoms with Crippen LogP contribution < -0.4 is 15.5 Å². The number of benzene rings is 2. The van der Waals surface area contributed by atoms with Gasteiger partial charge < -0.3 is 10.1 Å². The van der Waals surface area contributed by atoms with Gasteiger partial charge in [-0.2, -0.15) is 5.10 Å². The maximum atomic E-state index is 12.0. The number of ether oxygens (including phenoxy) is 1. The van der Waals surface area contributed by atoms with Gasteiger partial charge in [-0.1, -0.05) is 30.3 Å². The number of hydrazone groups is 1. The Kier molecular flexibility index (Phi) is 6.78. The molecule has 0 aliphatic heterocycles. The van der Waals surface area contributed by atoms with Gasteiger partial charge in [-0.25, -0.2) is 5.43 Å². The number of hydrogen-bond donors (Lipinski definition) is 2. The van der Waals surface area contributed by atoms with Crippen LogP contribution in [0.3, 0.4) is 0 Å². The van der Waals surface area contributed by atoms with E-state index in [-0.39, 0.29) is 0 Å². The zero-order chi connectivity index (χ0) is 19.8. The van der Waals surface area contributed by atoms with Crippen LogP contribution in [0.25, 0.3) is 0 Å². The monoisotopic (exact) mass is 379 g/mol. The quantitative estimate of drug-likeness (QED) is 0.612. The predicted octanol–water partition coefficient (Wildman–Crippen LogP) is 3.85. The highest BCUT2D eigenvalue weighted by Gasteiger charge is 2.20. The molecule has 0 bridgehead atoms. The Morgan fingerprint density at radius 2 is 1.68 bits per heavy atom. The Balaban J connectivity index is 1.46. The Hall–Kier alpha value is -3.15. The summed E-state index contributed by atoms with van der Waals surface area (Å²) < 4.78 is 5.34. The molecule has 6 nitrogen and oxygen atoms in total. The van der Waals surface area contributed by atoms with Gasteiger partial charge in [0, 0.05) is 11.4 Å². The molecular formula is C22H25N3O3. The van der Waals surface area contributed by atoms with Gasteiger partial charge >= 0.3 is 11.8 Å². The van der Waals surface area contributed by atoms with E-state index in [1.54, 1.807) is 24.3 Å². The number of nitrogens with zero attached hydrogens (tertiary/aromatic N) is 1. The van der Waals surface area contributed by atoms with Gasteiger partial charge in [-0.15, -0.1) is 0 Å². The van der Waals surface area contributed by atoms with E-state index in [0.29, 0.717) is 24.0 Å². The second-order valence-electron chi connectivity index (χ2n) is 6.72. The lowest BCUT2D eigenvalue weighted by Gasteiger charge is -2.23. The number of nitrogens with one attached hydrogen (secondary N) is 2. The van der Waals surface area contributed by atoms with Crippen LogP contribution in [0.2, 0.25) is 0 Å². The summed E-state index contributed by atoms with van der Waals surface area (Å²) in [6, 6.07) is 17.3. The summed E-state index contributed by atoms with van der Waals surface area (Å²) in [7, 11) is 0. The lowest BCUT2D eigenvalue weighted by atomic mass is 9.83. The van der Waals surface area contributed by atoms with Crippen LogP contribution in [0, 0.1) is 0 Å². The lowest BCUT2D eigenvalue weighted by Crippen LogP contribution is -2.33. The standard InChI is InChI=1S/C22H25N3O3/c1-2-28-20-14-12-18(13-15-20)23-21(26)22(27)25-24-19-10-8-17(9-11-19)16-6-4-3-5-7-16/h3-7,12-15,17H,2,8-11H2,1H3,(H,23,26)(H,25,27). The fourth-order valence-corrected chi connectivity index (χ4v) is 3.29. The van der Waals surface area contributed by atoms with Crippen molar-refractivity contribution in [2.45, 2.75) is 38.5 Å². The average Bonchev–Trinajstić information content (AvgIpc) is 2.74. The molecular weight excluding hydrogens is 354 g/mol. The number of carbonyl (C=O) groups is 2. The first-order valence-corrected chi connectivity index (χ1v) is 9.60. The minimum atomic E-state index is -0.772. The van der Waals surface area contributed by atoms with E-state index in [2.05, 4.69) is 40.1 Å². The van der Waals surface area contributed by atoms with Crippen LogP contribution in [-0.2, 0) is 9.59 Å². The second-order valence-corrected chi connectivity index (χ2v) is 6.72. The Labute approximate surface area is 165 Å². The molecule has 2 aromatic carbocycles. The van der Waals surface area contributed by atoms with Crippen molar-refractivity contribution in [2.75, 3.05) is 11.9 Å². The molecule has 0 spiro atoms. The van der Waals surface area contributed by atoms with Crippen LogP contribution in [0.1, 0.15) is 44.1 Å². The molecule has 0 atom stereocenters. The molecule has 0 aromatic heterocycles. The zero-order valence-corrected chi connectivity index (χ0v) is 16.0. The topological polar surface area (TPSA) is 79.8 Å². The summed E-state index contributed by atoms with van der Waals surface area (Å²) in [5.41, 5.74) is 5.17. The SMILES string of the molecule is CCOc1ccc(NC(=O)C(=O)NN=C2CCC(c3ccccc3)CC2)cc1. The van der Waals surface area contributed by atoms with E-state index in [9.17, 15) is 9.59 Å². The third kappa shape index (κ3) is 5.42. The second kappa shape index (κ2) is 9.69. The van der Waals surface area contributed by atoms with Crippen LogP contribution in [-0.4, -0.2) is 24.1 Å². The van der Waals surface area contributed by atoms with Gasteiger partial charge in [0.1, 0.15) is 5.75 Å². The minimum absolute atomic E-state index is 0.527. The van der Waals surface area contributed by atoms with E-state index < -0.39 is 11.8 Å². The highest BCUT2D eigenvalue weighted by molar-refractivity contribution is 6.39. The van der Waals surface area contributed by atoms with Crippen molar-refractivity contribution in [3.8, 4) is 5.75 Å². The molecule has 6 heteroatoms. The Morgan fingerprint density at radius 1 is 1.00 bits per heavy atom. The van der Waals surface area contributed by atoms with Crippen molar-refractivity contribution < 1.29 is 14.3 Å². The summed E-state index contributed by atoms with van der Waals surface area (Å²) in [6.45, 7) is 2.47. The van der Waals surface area contributed by atoms with Crippen molar-refractivity contribution in [3.05, 3.63) is 60.2 Å². The third-order valence-corrected chi connectivity index (χ3v) is 4.78. The van der Waals surface area contributed by atoms with Crippen molar-refractivity contribution in [1.29, 1.82) is 0 Å². The molecule has 2 N–H and O–H groups in total. The normalized spacial score (nSPS) is 16.2. The van der Waals surface area contributed by atoms with Crippen molar-refractivity contribution >= 4 is 23.2 Å². The molecule has 1 aliphatic rings. The molecule has 2 amide bonds. The molecule has 1 fully saturated rings. The van der Waals surface area contributed by atoms with Gasteiger partial charge in [0.2, 0.25) is 0 Å². The number of carbonyl (C=O) groups excluding carboxylic acids is 2. The van der Waals surface area contributed by atoms with Crippen molar-refractivity contribution in [3.63, 3.8) is 0 Å². The van der Waals surface area contributed by atoms with E-state index in [0.717, 1.165) is 31.4 Å². The largest absolute Gasteiger partial charge is 0.494 e. The van der Waals surface area contributed by atoms with E-state index in [4.69, 9.17) is 4.74 Å². The first kappa shape index (κ1) is 19.6. The van der Waals surface area contributed by atoms with Crippen molar-refractivity contribution in [2.24, 2.45) is 5.10 Å². The van der Waals surface area contributed by atoms with Gasteiger partial charge in [-0.05, 0) is 68.4 Å². The highest BCUT2D eigenvalue weighted by atomic mass is 16.5. The third-order valence-electron chi connectivity index (χ3n) is 4.78. The molecule has 2 aromatic rings. The fraction of sp³-hybridized carbons (Fsp3) is 0.318. The van der Waals surface area contributed by atoms with Gasteiger partial charge in [0.05, 0.1) is 6.61 Å². The summed E-state index contributed by atoms with van der Waals surface area (Å²) in [5.74, 6) is -0.278. The Morgan fingerprint density at radius 3 is 2.32 bits per heavy atom. The van der Waals surface area contributed by atoms with Gasteiger partial charge in [0.15, 0.2) is 0 Å². The van der Waals surface area contributed by atoms with E-state index in [1.807, 2.05) is 13.0 Å². The molecule has 1 aliphatic carbocycles. The van der Waals surface area contributed by atoms with Crippen LogP contribution in [0.15, 0.2) is 59.7 Å². The van der Waals surface area contributed by atoms with Gasteiger partial charge in [0.25, 0.3) is 0 Å². The average molecular weight is 379 g/mol. The molecule has 0 radical (unpaired) electrons. The summed E-state index contributed by atoms with van der Waals surface area (Å²) >= 11 is 0. The summed E-state index contributed by atoms with van der Waals surface area (Å²) in [4.78, 5) is 24.0. The predicted molar refractivity (Wildman–Crippen MR) is 109 cm³/mol. The lowest BCUT2D eigenvalue weighted by molar-refractivity contribution is -0.136. The number of anilines is 1. The molecule has 0 saturated heterocycles. The molecule has 0 unspecified atom stereocenters.